The molecule has 0 radical (unpaired) electrons. The van der Waals surface area contributed by atoms with Gasteiger partial charge in [0.1, 0.15) is 11.8 Å². The average molecular weight is 262 g/mol. The highest BCUT2D eigenvalue weighted by Gasteiger charge is 2.18. The van der Waals surface area contributed by atoms with Crippen LogP contribution < -0.4 is 10.6 Å². The van der Waals surface area contributed by atoms with Gasteiger partial charge in [-0.25, -0.2) is 9.97 Å². The molecule has 2 aromatic rings. The maximum Gasteiger partial charge on any atom is 0.202 e. The first-order chi connectivity index (χ1) is 9.36. The molecule has 102 valence electrons. The molecule has 3 heterocycles. The Bertz CT molecular complexity index is 548. The first-order valence-electron chi connectivity index (χ1n) is 6.65. The SMILES string of the molecule is CCCNc1nc2ncnc(N[C@@H]3CCOC3)c2[nH]1. The molecule has 19 heavy (non-hydrogen) atoms. The van der Waals surface area contributed by atoms with Crippen LogP contribution in [0.4, 0.5) is 11.8 Å². The van der Waals surface area contributed by atoms with Gasteiger partial charge in [0.05, 0.1) is 12.6 Å². The second-order valence-electron chi connectivity index (χ2n) is 4.64. The van der Waals surface area contributed by atoms with E-state index in [2.05, 4.69) is 37.5 Å². The Morgan fingerprint density at radius 3 is 3.21 bits per heavy atom. The number of ether oxygens (including phenoxy) is 1. The monoisotopic (exact) mass is 262 g/mol. The molecule has 0 bridgehead atoms. The summed E-state index contributed by atoms with van der Waals surface area (Å²) < 4.78 is 5.36. The predicted octanol–water partition coefficient (Wildman–Crippen LogP) is 1.38. The Morgan fingerprint density at radius 2 is 2.42 bits per heavy atom. The zero-order chi connectivity index (χ0) is 13.1. The molecule has 3 N–H and O–H groups in total. The van der Waals surface area contributed by atoms with Gasteiger partial charge in [-0.1, -0.05) is 6.92 Å². The molecule has 0 amide bonds. The number of hydrogen-bond donors (Lipinski definition) is 3. The van der Waals surface area contributed by atoms with Crippen LogP contribution >= 0.6 is 0 Å². The molecular formula is C12H18N6O. The van der Waals surface area contributed by atoms with E-state index in [1.165, 1.54) is 6.33 Å². The lowest BCUT2D eigenvalue weighted by Crippen LogP contribution is -2.20. The van der Waals surface area contributed by atoms with Gasteiger partial charge in [0.25, 0.3) is 0 Å². The minimum Gasteiger partial charge on any atom is -0.379 e. The number of aromatic nitrogens is 4. The van der Waals surface area contributed by atoms with E-state index >= 15 is 0 Å². The smallest absolute Gasteiger partial charge is 0.202 e. The van der Waals surface area contributed by atoms with Gasteiger partial charge in [0, 0.05) is 13.2 Å². The highest BCUT2D eigenvalue weighted by molar-refractivity contribution is 5.84. The molecule has 2 aromatic heterocycles. The second kappa shape index (κ2) is 5.40. The Hall–Kier alpha value is -1.89. The van der Waals surface area contributed by atoms with Crippen molar-refractivity contribution in [2.75, 3.05) is 30.4 Å². The molecule has 1 fully saturated rings. The van der Waals surface area contributed by atoms with Crippen molar-refractivity contribution >= 4 is 22.9 Å². The fourth-order valence-electron chi connectivity index (χ4n) is 2.11. The number of rotatable bonds is 5. The van der Waals surface area contributed by atoms with Crippen LogP contribution in [0.15, 0.2) is 6.33 Å². The van der Waals surface area contributed by atoms with E-state index < -0.39 is 0 Å². The van der Waals surface area contributed by atoms with Crippen LogP contribution in [-0.4, -0.2) is 45.7 Å². The zero-order valence-corrected chi connectivity index (χ0v) is 10.9. The molecular weight excluding hydrogens is 244 g/mol. The number of anilines is 2. The summed E-state index contributed by atoms with van der Waals surface area (Å²) in [5, 5.41) is 6.60. The molecule has 0 unspecified atom stereocenters. The lowest BCUT2D eigenvalue weighted by atomic mass is 10.2. The van der Waals surface area contributed by atoms with Crippen molar-refractivity contribution in [2.24, 2.45) is 0 Å². The Labute approximate surface area is 111 Å². The van der Waals surface area contributed by atoms with Crippen molar-refractivity contribution in [3.05, 3.63) is 6.33 Å². The first-order valence-corrected chi connectivity index (χ1v) is 6.65. The van der Waals surface area contributed by atoms with Gasteiger partial charge in [0.15, 0.2) is 11.5 Å². The standard InChI is InChI=1S/C12H18N6O/c1-2-4-13-12-17-9-10(14-7-15-11(9)18-12)16-8-3-5-19-6-8/h7-8H,2-6H2,1H3,(H3,13,14,15,16,17,18)/t8-/m1/s1. The van der Waals surface area contributed by atoms with Crippen molar-refractivity contribution in [2.45, 2.75) is 25.8 Å². The minimum atomic E-state index is 0.313. The molecule has 0 aromatic carbocycles. The summed E-state index contributed by atoms with van der Waals surface area (Å²) in [5.41, 5.74) is 1.52. The maximum absolute atomic E-state index is 5.36. The number of H-pyrrole nitrogens is 1. The molecule has 0 saturated carbocycles. The Kier molecular flexibility index (Phi) is 3.45. The number of imidazole rings is 1. The van der Waals surface area contributed by atoms with Crippen LogP contribution in [0.5, 0.6) is 0 Å². The maximum atomic E-state index is 5.36. The van der Waals surface area contributed by atoms with E-state index in [-0.39, 0.29) is 0 Å². The van der Waals surface area contributed by atoms with E-state index in [0.29, 0.717) is 11.7 Å². The molecule has 1 aliphatic heterocycles. The van der Waals surface area contributed by atoms with Gasteiger partial charge in [0.2, 0.25) is 5.95 Å². The number of fused-ring (bicyclic) bond motifs is 1. The Morgan fingerprint density at radius 1 is 1.47 bits per heavy atom. The molecule has 1 saturated heterocycles. The predicted molar refractivity (Wildman–Crippen MR) is 73.3 cm³/mol. The van der Waals surface area contributed by atoms with Crippen LogP contribution in [0, 0.1) is 0 Å². The quantitative estimate of drug-likeness (QED) is 0.754. The van der Waals surface area contributed by atoms with E-state index in [0.717, 1.165) is 49.9 Å². The van der Waals surface area contributed by atoms with E-state index in [4.69, 9.17) is 4.74 Å². The van der Waals surface area contributed by atoms with Crippen molar-refractivity contribution in [3.8, 4) is 0 Å². The van der Waals surface area contributed by atoms with Gasteiger partial charge in [-0.3, -0.25) is 0 Å². The fourth-order valence-corrected chi connectivity index (χ4v) is 2.11. The number of aromatic amines is 1. The lowest BCUT2D eigenvalue weighted by Gasteiger charge is -2.10. The van der Waals surface area contributed by atoms with Crippen molar-refractivity contribution in [1.82, 2.24) is 19.9 Å². The topological polar surface area (TPSA) is 87.8 Å². The van der Waals surface area contributed by atoms with Crippen LogP contribution in [0.25, 0.3) is 11.2 Å². The van der Waals surface area contributed by atoms with Crippen LogP contribution in [-0.2, 0) is 4.74 Å². The molecule has 0 aliphatic carbocycles. The summed E-state index contributed by atoms with van der Waals surface area (Å²) in [7, 11) is 0. The lowest BCUT2D eigenvalue weighted by molar-refractivity contribution is 0.195. The molecule has 0 spiro atoms. The van der Waals surface area contributed by atoms with E-state index in [9.17, 15) is 0 Å². The van der Waals surface area contributed by atoms with Crippen LogP contribution in [0.2, 0.25) is 0 Å². The second-order valence-corrected chi connectivity index (χ2v) is 4.64. The average Bonchev–Trinajstić information content (AvgIpc) is 3.05. The third-order valence-electron chi connectivity index (χ3n) is 3.10. The summed E-state index contributed by atoms with van der Waals surface area (Å²) in [6.45, 7) is 4.52. The highest BCUT2D eigenvalue weighted by atomic mass is 16.5. The first kappa shape index (κ1) is 12.2. The van der Waals surface area contributed by atoms with E-state index in [1.54, 1.807) is 0 Å². The van der Waals surface area contributed by atoms with Crippen molar-refractivity contribution in [3.63, 3.8) is 0 Å². The summed E-state index contributed by atoms with van der Waals surface area (Å²) in [6.07, 6.45) is 3.58. The summed E-state index contributed by atoms with van der Waals surface area (Å²) in [6, 6.07) is 0.313. The third kappa shape index (κ3) is 2.60. The largest absolute Gasteiger partial charge is 0.379 e. The van der Waals surface area contributed by atoms with Gasteiger partial charge >= 0.3 is 0 Å². The fraction of sp³-hybridized carbons (Fsp3) is 0.583. The summed E-state index contributed by atoms with van der Waals surface area (Å²) in [5.74, 6) is 1.53. The van der Waals surface area contributed by atoms with Crippen molar-refractivity contribution < 1.29 is 4.74 Å². The van der Waals surface area contributed by atoms with Gasteiger partial charge in [-0.15, -0.1) is 0 Å². The normalized spacial score (nSPS) is 18.9. The number of hydrogen-bond acceptors (Lipinski definition) is 6. The minimum absolute atomic E-state index is 0.313. The van der Waals surface area contributed by atoms with Gasteiger partial charge in [-0.05, 0) is 12.8 Å². The summed E-state index contributed by atoms with van der Waals surface area (Å²) in [4.78, 5) is 16.1. The van der Waals surface area contributed by atoms with Gasteiger partial charge < -0.3 is 20.4 Å². The molecule has 3 rings (SSSR count). The Balaban J connectivity index is 1.84. The molecule has 1 atom stereocenters. The third-order valence-corrected chi connectivity index (χ3v) is 3.10. The van der Waals surface area contributed by atoms with Crippen molar-refractivity contribution in [1.29, 1.82) is 0 Å². The zero-order valence-electron chi connectivity index (χ0n) is 10.9. The molecule has 1 aliphatic rings. The summed E-state index contributed by atoms with van der Waals surface area (Å²) >= 11 is 0. The van der Waals surface area contributed by atoms with Gasteiger partial charge in [-0.2, -0.15) is 4.98 Å². The molecule has 7 nitrogen and oxygen atoms in total. The number of nitrogens with zero attached hydrogens (tertiary/aromatic N) is 3. The number of nitrogens with one attached hydrogen (secondary N) is 3. The van der Waals surface area contributed by atoms with Crippen LogP contribution in [0.3, 0.4) is 0 Å². The molecule has 7 heteroatoms. The highest BCUT2D eigenvalue weighted by Crippen LogP contribution is 2.20. The van der Waals surface area contributed by atoms with Crippen LogP contribution in [0.1, 0.15) is 19.8 Å². The van der Waals surface area contributed by atoms with E-state index in [1.807, 2.05) is 0 Å².